The minimum absolute atomic E-state index is 0.294. The Morgan fingerprint density at radius 3 is 2.66 bits per heavy atom. The average Bonchev–Trinajstić information content (AvgIpc) is 2.76. The lowest BCUT2D eigenvalue weighted by molar-refractivity contribution is -0.143. The molecule has 5 nitrogen and oxygen atoms in total. The summed E-state index contributed by atoms with van der Waals surface area (Å²) < 4.78 is 4.97. The maximum Gasteiger partial charge on any atom is 0.331 e. The zero-order chi connectivity index (χ0) is 20.3. The fourth-order valence-electron chi connectivity index (χ4n) is 2.59. The summed E-state index contributed by atoms with van der Waals surface area (Å²) >= 11 is 1.74. The summed E-state index contributed by atoms with van der Waals surface area (Å²) in [4.78, 5) is 28.0. The zero-order valence-electron chi connectivity index (χ0n) is 15.9. The number of aromatic nitrogens is 1. The Hall–Kier alpha value is -3.12. The van der Waals surface area contributed by atoms with Gasteiger partial charge in [0.25, 0.3) is 5.91 Å². The van der Waals surface area contributed by atoms with Gasteiger partial charge in [-0.3, -0.25) is 4.79 Å². The maximum atomic E-state index is 11.8. The second kappa shape index (κ2) is 11.0. The highest BCUT2D eigenvalue weighted by Gasteiger charge is 2.05. The molecule has 1 N–H and O–H groups in total. The van der Waals surface area contributed by atoms with Gasteiger partial charge >= 0.3 is 5.97 Å². The Kier molecular flexibility index (Phi) is 7.83. The molecule has 0 bridgehead atoms. The number of pyridine rings is 1. The number of ether oxygens (including phenoxy) is 1. The SMILES string of the molecule is O=C(COC(=O)/C=C/c1ccc2ccccc2n1)NCCSCc1ccccc1. The van der Waals surface area contributed by atoms with Crippen LogP contribution in [0.3, 0.4) is 0 Å². The quantitative estimate of drug-likeness (QED) is 0.332. The molecule has 2 aromatic carbocycles. The molecular formula is C23H22N2O3S. The molecule has 0 fully saturated rings. The van der Waals surface area contributed by atoms with Crippen LogP contribution in [0.4, 0.5) is 0 Å². The van der Waals surface area contributed by atoms with Crippen LogP contribution in [-0.2, 0) is 20.1 Å². The second-order valence-corrected chi connectivity index (χ2v) is 7.36. The summed E-state index contributed by atoms with van der Waals surface area (Å²) in [5.74, 6) is 0.811. The number of para-hydroxylation sites is 1. The molecule has 0 spiro atoms. The predicted octanol–water partition coefficient (Wildman–Crippen LogP) is 3.84. The zero-order valence-corrected chi connectivity index (χ0v) is 16.7. The molecule has 1 amide bonds. The molecule has 0 saturated carbocycles. The normalized spacial score (nSPS) is 10.9. The molecular weight excluding hydrogens is 384 g/mol. The number of thioether (sulfide) groups is 1. The molecule has 3 aromatic rings. The number of esters is 1. The van der Waals surface area contributed by atoms with Gasteiger partial charge in [0.1, 0.15) is 0 Å². The van der Waals surface area contributed by atoms with E-state index in [1.165, 1.54) is 11.6 Å². The molecule has 6 heteroatoms. The maximum absolute atomic E-state index is 11.8. The van der Waals surface area contributed by atoms with E-state index < -0.39 is 5.97 Å². The van der Waals surface area contributed by atoms with Crippen LogP contribution < -0.4 is 5.32 Å². The number of nitrogens with one attached hydrogen (secondary N) is 1. The number of fused-ring (bicyclic) bond motifs is 1. The van der Waals surface area contributed by atoms with Crippen LogP contribution in [0.1, 0.15) is 11.3 Å². The van der Waals surface area contributed by atoms with Gasteiger partial charge in [-0.25, -0.2) is 9.78 Å². The van der Waals surface area contributed by atoms with Crippen LogP contribution in [0.2, 0.25) is 0 Å². The highest BCUT2D eigenvalue weighted by atomic mass is 32.2. The van der Waals surface area contributed by atoms with Gasteiger partial charge in [0.2, 0.25) is 0 Å². The molecule has 0 saturated heterocycles. The van der Waals surface area contributed by atoms with E-state index in [-0.39, 0.29) is 12.5 Å². The van der Waals surface area contributed by atoms with Crippen molar-refractivity contribution >= 4 is 40.6 Å². The smallest absolute Gasteiger partial charge is 0.331 e. The Bertz CT molecular complexity index is 990. The summed E-state index contributed by atoms with van der Waals surface area (Å²) in [7, 11) is 0. The minimum Gasteiger partial charge on any atom is -0.452 e. The van der Waals surface area contributed by atoms with Crippen LogP contribution in [0.25, 0.3) is 17.0 Å². The summed E-state index contributed by atoms with van der Waals surface area (Å²) in [6.45, 7) is 0.238. The Balaban J connectivity index is 1.33. The molecule has 0 aliphatic carbocycles. The van der Waals surface area contributed by atoms with Crippen LogP contribution in [-0.4, -0.2) is 35.8 Å². The largest absolute Gasteiger partial charge is 0.452 e. The van der Waals surface area contributed by atoms with Crippen molar-refractivity contribution in [3.05, 3.63) is 84.1 Å². The van der Waals surface area contributed by atoms with Crippen molar-refractivity contribution in [2.24, 2.45) is 0 Å². The van der Waals surface area contributed by atoms with Gasteiger partial charge in [0, 0.05) is 29.5 Å². The minimum atomic E-state index is -0.575. The third kappa shape index (κ3) is 7.08. The molecule has 0 radical (unpaired) electrons. The lowest BCUT2D eigenvalue weighted by atomic mass is 10.2. The van der Waals surface area contributed by atoms with Crippen LogP contribution >= 0.6 is 11.8 Å². The first-order chi connectivity index (χ1) is 14.2. The molecule has 0 atom stereocenters. The Morgan fingerprint density at radius 2 is 1.79 bits per heavy atom. The van der Waals surface area contributed by atoms with E-state index in [1.807, 2.05) is 54.6 Å². The van der Waals surface area contributed by atoms with Gasteiger partial charge in [0.05, 0.1) is 11.2 Å². The van der Waals surface area contributed by atoms with Crippen molar-refractivity contribution in [3.8, 4) is 0 Å². The molecule has 1 aromatic heterocycles. The molecule has 1 heterocycles. The number of hydrogen-bond donors (Lipinski definition) is 1. The summed E-state index contributed by atoms with van der Waals surface area (Å²) in [5, 5.41) is 3.78. The van der Waals surface area contributed by atoms with E-state index in [0.29, 0.717) is 12.2 Å². The van der Waals surface area contributed by atoms with Crippen molar-refractivity contribution in [2.45, 2.75) is 5.75 Å². The molecule has 0 aliphatic rings. The fraction of sp³-hybridized carbons (Fsp3) is 0.174. The van der Waals surface area contributed by atoms with Gasteiger partial charge in [-0.05, 0) is 23.8 Å². The van der Waals surface area contributed by atoms with Gasteiger partial charge in [0.15, 0.2) is 6.61 Å². The molecule has 148 valence electrons. The highest BCUT2D eigenvalue weighted by Crippen LogP contribution is 2.12. The van der Waals surface area contributed by atoms with E-state index in [1.54, 1.807) is 17.8 Å². The second-order valence-electron chi connectivity index (χ2n) is 6.26. The van der Waals surface area contributed by atoms with Gasteiger partial charge in [-0.15, -0.1) is 0 Å². The Labute approximate surface area is 174 Å². The number of amides is 1. The lowest BCUT2D eigenvalue weighted by Gasteiger charge is -2.05. The van der Waals surface area contributed by atoms with Crippen LogP contribution in [0, 0.1) is 0 Å². The summed E-state index contributed by atoms with van der Waals surface area (Å²) in [6, 6.07) is 21.7. The number of benzene rings is 2. The first-order valence-corrected chi connectivity index (χ1v) is 10.5. The van der Waals surface area contributed by atoms with E-state index in [2.05, 4.69) is 22.4 Å². The van der Waals surface area contributed by atoms with Crippen LogP contribution in [0.5, 0.6) is 0 Å². The van der Waals surface area contributed by atoms with Crippen molar-refractivity contribution in [3.63, 3.8) is 0 Å². The number of hydrogen-bond acceptors (Lipinski definition) is 5. The average molecular weight is 407 g/mol. The van der Waals surface area contributed by atoms with Crippen molar-refractivity contribution in [1.29, 1.82) is 0 Å². The van der Waals surface area contributed by atoms with E-state index in [9.17, 15) is 9.59 Å². The third-order valence-corrected chi connectivity index (χ3v) is 5.07. The van der Waals surface area contributed by atoms with Crippen molar-refractivity contribution in [1.82, 2.24) is 10.3 Å². The summed E-state index contributed by atoms with van der Waals surface area (Å²) in [5.41, 5.74) is 2.76. The van der Waals surface area contributed by atoms with Crippen LogP contribution in [0.15, 0.2) is 72.8 Å². The first kappa shape index (κ1) is 20.6. The third-order valence-electron chi connectivity index (χ3n) is 4.04. The number of rotatable bonds is 9. The fourth-order valence-corrected chi connectivity index (χ4v) is 3.41. The molecule has 0 unspecified atom stereocenters. The summed E-state index contributed by atoms with van der Waals surface area (Å²) in [6.07, 6.45) is 2.85. The predicted molar refractivity (Wildman–Crippen MR) is 117 cm³/mol. The molecule has 0 aliphatic heterocycles. The first-order valence-electron chi connectivity index (χ1n) is 9.30. The van der Waals surface area contributed by atoms with Gasteiger partial charge in [-0.1, -0.05) is 54.6 Å². The Morgan fingerprint density at radius 1 is 1.00 bits per heavy atom. The topological polar surface area (TPSA) is 68.3 Å². The van der Waals surface area contributed by atoms with Gasteiger partial charge in [-0.2, -0.15) is 11.8 Å². The van der Waals surface area contributed by atoms with E-state index >= 15 is 0 Å². The number of nitrogens with zero attached hydrogens (tertiary/aromatic N) is 1. The lowest BCUT2D eigenvalue weighted by Crippen LogP contribution is -2.30. The van der Waals surface area contributed by atoms with Gasteiger partial charge < -0.3 is 10.1 Å². The molecule has 3 rings (SSSR count). The molecule has 29 heavy (non-hydrogen) atoms. The van der Waals surface area contributed by atoms with Crippen molar-refractivity contribution < 1.29 is 14.3 Å². The number of carbonyl (C=O) groups excluding carboxylic acids is 2. The highest BCUT2D eigenvalue weighted by molar-refractivity contribution is 7.98. The van der Waals surface area contributed by atoms with E-state index in [4.69, 9.17) is 4.74 Å². The monoisotopic (exact) mass is 406 g/mol. The van der Waals surface area contributed by atoms with Crippen molar-refractivity contribution in [2.75, 3.05) is 18.9 Å². The standard InChI is InChI=1S/C23H22N2O3S/c26-22(24-14-15-29-17-18-6-2-1-3-7-18)16-28-23(27)13-12-20-11-10-19-8-4-5-9-21(19)25-20/h1-13H,14-17H2,(H,24,26)/b13-12+. The number of carbonyl (C=O) groups is 2. The van der Waals surface area contributed by atoms with E-state index in [0.717, 1.165) is 22.4 Å².